The average molecular weight is 436 g/mol. The lowest BCUT2D eigenvalue weighted by Crippen LogP contribution is -2.50. The van der Waals surface area contributed by atoms with Crippen molar-refractivity contribution in [3.63, 3.8) is 0 Å². The zero-order valence-electron chi connectivity index (χ0n) is 19.1. The summed E-state index contributed by atoms with van der Waals surface area (Å²) in [6, 6.07) is 9.67. The van der Waals surface area contributed by atoms with Gasteiger partial charge in [-0.25, -0.2) is 0 Å². The van der Waals surface area contributed by atoms with Gasteiger partial charge < -0.3 is 9.88 Å². The molecule has 1 N–H and O–H groups in total. The number of thiazole rings is 1. The molecular weight excluding hydrogens is 398 g/mol. The molecule has 4 bridgehead atoms. The van der Waals surface area contributed by atoms with E-state index in [2.05, 4.69) is 53.4 Å². The fourth-order valence-corrected chi connectivity index (χ4v) is 8.16. The third-order valence-electron chi connectivity index (χ3n) is 8.35. The van der Waals surface area contributed by atoms with E-state index in [1.165, 1.54) is 73.1 Å². The van der Waals surface area contributed by atoms with Gasteiger partial charge in [0.2, 0.25) is 0 Å². The smallest absolute Gasteiger partial charge is 0.185 e. The normalized spacial score (nSPS) is 32.2. The van der Waals surface area contributed by atoms with Gasteiger partial charge in [-0.1, -0.05) is 26.0 Å². The van der Waals surface area contributed by atoms with Crippen LogP contribution in [0.1, 0.15) is 88.4 Å². The summed E-state index contributed by atoms with van der Waals surface area (Å²) in [6.45, 7) is 5.49. The number of nitrogens with one attached hydrogen (secondary N) is 1. The van der Waals surface area contributed by atoms with Crippen LogP contribution in [0.25, 0.3) is 0 Å². The molecule has 0 aliphatic heterocycles. The molecule has 3 nitrogen and oxygen atoms in total. The Morgan fingerprint density at radius 3 is 2.26 bits per heavy atom. The molecule has 0 amide bonds. The summed E-state index contributed by atoms with van der Waals surface area (Å²) >= 11 is 1.91. The van der Waals surface area contributed by atoms with Crippen LogP contribution in [0, 0.1) is 17.8 Å². The van der Waals surface area contributed by atoms with Crippen LogP contribution in [0.5, 0.6) is 0 Å². The van der Waals surface area contributed by atoms with Crippen molar-refractivity contribution in [2.45, 2.75) is 89.1 Å². The van der Waals surface area contributed by atoms with Crippen LogP contribution in [0.2, 0.25) is 0 Å². The molecule has 7 rings (SSSR count). The maximum atomic E-state index is 5.59. The molecule has 166 valence electrons. The monoisotopic (exact) mass is 435 g/mol. The maximum absolute atomic E-state index is 5.59. The highest BCUT2D eigenvalue weighted by Gasteiger charge is 2.51. The average Bonchev–Trinajstić information content (AvgIpc) is 3.49. The minimum atomic E-state index is 0.282. The molecule has 5 saturated carbocycles. The number of hydrogen-bond acceptors (Lipinski definition) is 3. The van der Waals surface area contributed by atoms with E-state index in [0.717, 1.165) is 30.7 Å². The Hall–Kier alpha value is -1.55. The van der Waals surface area contributed by atoms with Crippen molar-refractivity contribution in [2.24, 2.45) is 22.7 Å². The Balaban J connectivity index is 1.19. The molecule has 0 radical (unpaired) electrons. The lowest BCUT2D eigenvalue weighted by molar-refractivity contribution is -0.000407. The minimum absolute atomic E-state index is 0.282. The third kappa shape index (κ3) is 4.01. The van der Waals surface area contributed by atoms with Crippen LogP contribution >= 0.6 is 11.3 Å². The van der Waals surface area contributed by atoms with E-state index < -0.39 is 0 Å². The van der Waals surface area contributed by atoms with E-state index in [1.807, 2.05) is 11.3 Å². The Morgan fingerprint density at radius 1 is 1.03 bits per heavy atom. The summed E-state index contributed by atoms with van der Waals surface area (Å²) in [7, 11) is 0. The van der Waals surface area contributed by atoms with E-state index in [0.29, 0.717) is 12.0 Å². The molecular formula is C27H37N3S. The predicted molar refractivity (Wildman–Crippen MR) is 130 cm³/mol. The van der Waals surface area contributed by atoms with Crippen LogP contribution in [-0.2, 0) is 6.42 Å². The largest absolute Gasteiger partial charge is 0.385 e. The predicted octanol–water partition coefficient (Wildman–Crippen LogP) is 6.53. The SMILES string of the molecule is CC(C)c1ccc(NCCc2csc(=NC34CC5CC(CC(C5)C3)C4)n2C2CC2)cc1. The van der Waals surface area contributed by atoms with Gasteiger partial charge in [0, 0.05) is 35.8 Å². The van der Waals surface area contributed by atoms with Crippen molar-refractivity contribution >= 4 is 17.0 Å². The zero-order chi connectivity index (χ0) is 21.0. The van der Waals surface area contributed by atoms with Gasteiger partial charge in [0.1, 0.15) is 0 Å². The lowest BCUT2D eigenvalue weighted by atomic mass is 9.53. The van der Waals surface area contributed by atoms with Crippen molar-refractivity contribution in [2.75, 3.05) is 11.9 Å². The first kappa shape index (κ1) is 20.1. The number of rotatable bonds is 7. The van der Waals surface area contributed by atoms with Crippen LogP contribution in [0.15, 0.2) is 34.6 Å². The Labute approximate surface area is 191 Å². The molecule has 0 atom stereocenters. The van der Waals surface area contributed by atoms with E-state index in [-0.39, 0.29) is 5.54 Å². The van der Waals surface area contributed by atoms with Gasteiger partial charge >= 0.3 is 0 Å². The molecule has 0 saturated heterocycles. The first-order valence-electron chi connectivity index (χ1n) is 12.7. The molecule has 1 aromatic heterocycles. The molecule has 0 spiro atoms. The third-order valence-corrected chi connectivity index (χ3v) is 9.24. The molecule has 1 heterocycles. The topological polar surface area (TPSA) is 29.3 Å². The summed E-state index contributed by atoms with van der Waals surface area (Å²) in [5, 5.41) is 6.05. The standard InChI is InChI=1S/C27H37N3S/c1-18(2)22-3-5-23(6-4-22)28-10-9-25-17-31-26(30(25)24-7-8-24)29-27-14-19-11-20(15-27)13-21(12-19)16-27/h3-6,17-21,24,28H,7-16H2,1-2H3. The Morgan fingerprint density at radius 2 is 1.68 bits per heavy atom. The van der Waals surface area contributed by atoms with E-state index in [4.69, 9.17) is 4.99 Å². The first-order valence-corrected chi connectivity index (χ1v) is 13.5. The molecule has 5 aliphatic carbocycles. The summed E-state index contributed by atoms with van der Waals surface area (Å²) in [5.41, 5.74) is 4.41. The molecule has 1 aromatic carbocycles. The van der Waals surface area contributed by atoms with Crippen LogP contribution in [-0.4, -0.2) is 16.7 Å². The molecule has 2 aromatic rings. The second-order valence-corrected chi connectivity index (χ2v) is 12.2. The van der Waals surface area contributed by atoms with Gasteiger partial charge in [0.15, 0.2) is 4.80 Å². The fourth-order valence-electron chi connectivity index (χ4n) is 7.07. The molecule has 5 aliphatic rings. The lowest BCUT2D eigenvalue weighted by Gasteiger charge is -2.54. The Bertz CT molecular complexity index is 957. The number of anilines is 1. The van der Waals surface area contributed by atoms with Crippen LogP contribution < -0.4 is 10.1 Å². The second-order valence-electron chi connectivity index (χ2n) is 11.3. The highest BCUT2D eigenvalue weighted by atomic mass is 32.1. The number of hydrogen-bond donors (Lipinski definition) is 1. The highest BCUT2D eigenvalue weighted by Crippen LogP contribution is 2.57. The van der Waals surface area contributed by atoms with Crippen molar-refractivity contribution in [3.05, 3.63) is 45.7 Å². The van der Waals surface area contributed by atoms with Crippen LogP contribution in [0.3, 0.4) is 0 Å². The highest BCUT2D eigenvalue weighted by molar-refractivity contribution is 7.07. The van der Waals surface area contributed by atoms with Crippen molar-refractivity contribution < 1.29 is 0 Å². The fraction of sp³-hybridized carbons (Fsp3) is 0.667. The van der Waals surface area contributed by atoms with E-state index >= 15 is 0 Å². The van der Waals surface area contributed by atoms with Crippen LogP contribution in [0.4, 0.5) is 5.69 Å². The van der Waals surface area contributed by atoms with E-state index in [1.54, 1.807) is 0 Å². The summed E-state index contributed by atoms with van der Waals surface area (Å²) in [5.74, 6) is 3.49. The summed E-state index contributed by atoms with van der Waals surface area (Å²) < 4.78 is 2.63. The summed E-state index contributed by atoms with van der Waals surface area (Å²) in [4.78, 5) is 6.92. The van der Waals surface area contributed by atoms with Gasteiger partial charge in [0.05, 0.1) is 5.54 Å². The maximum Gasteiger partial charge on any atom is 0.185 e. The second kappa shape index (κ2) is 7.79. The van der Waals surface area contributed by atoms with Crippen molar-refractivity contribution in [1.29, 1.82) is 0 Å². The van der Waals surface area contributed by atoms with Gasteiger partial charge in [0.25, 0.3) is 0 Å². The molecule has 0 unspecified atom stereocenters. The number of benzene rings is 1. The van der Waals surface area contributed by atoms with Crippen molar-refractivity contribution in [1.82, 2.24) is 4.57 Å². The van der Waals surface area contributed by atoms with Gasteiger partial charge in [-0.3, -0.25) is 4.99 Å². The molecule has 31 heavy (non-hydrogen) atoms. The minimum Gasteiger partial charge on any atom is -0.385 e. The summed E-state index contributed by atoms with van der Waals surface area (Å²) in [6.07, 6.45) is 12.3. The quantitative estimate of drug-likeness (QED) is 0.526. The van der Waals surface area contributed by atoms with Crippen molar-refractivity contribution in [3.8, 4) is 0 Å². The first-order chi connectivity index (χ1) is 15.1. The van der Waals surface area contributed by atoms with Gasteiger partial charge in [-0.15, -0.1) is 11.3 Å². The number of aromatic nitrogens is 1. The molecule has 5 fully saturated rings. The Kier molecular flexibility index (Phi) is 5.05. The zero-order valence-corrected chi connectivity index (χ0v) is 20.0. The number of nitrogens with zero attached hydrogens (tertiary/aromatic N) is 2. The van der Waals surface area contributed by atoms with Gasteiger partial charge in [-0.2, -0.15) is 0 Å². The van der Waals surface area contributed by atoms with E-state index in [9.17, 15) is 0 Å². The molecule has 4 heteroatoms. The van der Waals surface area contributed by atoms with Gasteiger partial charge in [-0.05, 0) is 92.7 Å².